The zero-order chi connectivity index (χ0) is 14.4. The lowest BCUT2D eigenvalue weighted by Crippen LogP contribution is -2.36. The van der Waals surface area contributed by atoms with Crippen LogP contribution < -0.4 is 5.19 Å². The number of hydrogen-bond acceptors (Lipinski definition) is 0. The van der Waals surface area contributed by atoms with Crippen molar-refractivity contribution < 1.29 is 26.3 Å². The second kappa shape index (κ2) is 4.45. The molecule has 8 heteroatoms. The van der Waals surface area contributed by atoms with E-state index in [9.17, 15) is 26.3 Å². The quantitative estimate of drug-likeness (QED) is 0.410. The molecule has 1 rings (SSSR count). The summed E-state index contributed by atoms with van der Waals surface area (Å²) in [5.74, 6) is 0. The minimum atomic E-state index is -4.83. The molecule has 0 radical (unpaired) electrons. The molecule has 0 spiro atoms. The number of rotatable bonds is 1. The molecule has 0 saturated carbocycles. The summed E-state index contributed by atoms with van der Waals surface area (Å²) in [6.07, 6.45) is -9.65. The molecule has 1 aromatic carbocycles. The Labute approximate surface area is 105 Å². The fourth-order valence-electron chi connectivity index (χ4n) is 1.30. The molecule has 18 heavy (non-hydrogen) atoms. The highest BCUT2D eigenvalue weighted by Gasteiger charge is 2.38. The first-order valence-corrected chi connectivity index (χ1v) is 8.82. The van der Waals surface area contributed by atoms with Gasteiger partial charge in [0.25, 0.3) is 0 Å². The summed E-state index contributed by atoms with van der Waals surface area (Å²) in [4.78, 5) is 0. The van der Waals surface area contributed by atoms with Gasteiger partial charge in [-0.05, 0) is 23.4 Å². The first-order chi connectivity index (χ1) is 7.82. The van der Waals surface area contributed by atoms with Crippen LogP contribution in [-0.2, 0) is 12.4 Å². The van der Waals surface area contributed by atoms with Gasteiger partial charge in [-0.2, -0.15) is 37.4 Å². The normalized spacial score (nSPS) is 13.8. The van der Waals surface area contributed by atoms with E-state index in [0.717, 1.165) is 0 Å². The maximum atomic E-state index is 12.5. The van der Waals surface area contributed by atoms with E-state index in [0.29, 0.717) is 12.1 Å². The molecule has 0 aliphatic heterocycles. The molecule has 0 saturated heterocycles. The van der Waals surface area contributed by atoms with Gasteiger partial charge in [0.15, 0.2) is 7.38 Å². The van der Waals surface area contributed by atoms with E-state index in [-0.39, 0.29) is 11.3 Å². The van der Waals surface area contributed by atoms with Crippen molar-refractivity contribution in [1.82, 2.24) is 0 Å². The lowest BCUT2D eigenvalue weighted by molar-refractivity contribution is -0.142. The minimum absolute atomic E-state index is 0.0914. The Morgan fingerprint density at radius 1 is 0.833 bits per heavy atom. The average Bonchev–Trinajstić information content (AvgIpc) is 2.13. The van der Waals surface area contributed by atoms with Gasteiger partial charge in [-0.25, -0.2) is 0 Å². The van der Waals surface area contributed by atoms with Crippen LogP contribution in [0.5, 0.6) is 0 Å². The fourth-order valence-corrected chi connectivity index (χ4v) is 2.62. The van der Waals surface area contributed by atoms with Crippen molar-refractivity contribution in [2.45, 2.75) is 25.4 Å². The SMILES string of the molecule is C[Si](C)(Cl)c1cc(C(F)(F)F)cc(C(F)(F)F)c1. The summed E-state index contributed by atoms with van der Waals surface area (Å²) in [5, 5.41) is -0.0914. The smallest absolute Gasteiger partial charge is 0.166 e. The largest absolute Gasteiger partial charge is 0.416 e. The third-order valence-corrected chi connectivity index (χ3v) is 4.59. The van der Waals surface area contributed by atoms with Crippen molar-refractivity contribution >= 4 is 23.6 Å². The second-order valence-electron chi connectivity index (χ2n) is 4.27. The van der Waals surface area contributed by atoms with Crippen molar-refractivity contribution in [3.8, 4) is 0 Å². The van der Waals surface area contributed by atoms with Crippen LogP contribution >= 0.6 is 11.1 Å². The van der Waals surface area contributed by atoms with Gasteiger partial charge in [-0.1, -0.05) is 13.1 Å². The zero-order valence-electron chi connectivity index (χ0n) is 9.38. The van der Waals surface area contributed by atoms with Crippen LogP contribution in [-0.4, -0.2) is 7.38 Å². The van der Waals surface area contributed by atoms with E-state index >= 15 is 0 Å². The molecule has 0 aliphatic rings. The van der Waals surface area contributed by atoms with Gasteiger partial charge in [-0.15, -0.1) is 0 Å². The van der Waals surface area contributed by atoms with E-state index in [1.807, 2.05) is 0 Å². The van der Waals surface area contributed by atoms with Crippen LogP contribution in [0.2, 0.25) is 13.1 Å². The molecule has 0 aromatic heterocycles. The number of benzene rings is 1. The maximum absolute atomic E-state index is 12.5. The summed E-state index contributed by atoms with van der Waals surface area (Å²) in [6.45, 7) is 2.92. The van der Waals surface area contributed by atoms with Crippen LogP contribution in [0.15, 0.2) is 18.2 Å². The molecule has 0 fully saturated rings. The van der Waals surface area contributed by atoms with Crippen molar-refractivity contribution in [2.24, 2.45) is 0 Å². The van der Waals surface area contributed by atoms with Gasteiger partial charge in [0.2, 0.25) is 0 Å². The summed E-state index contributed by atoms with van der Waals surface area (Å²) < 4.78 is 75.2. The Kier molecular flexibility index (Phi) is 3.80. The molecule has 0 heterocycles. The first kappa shape index (κ1) is 15.4. The molecule has 0 aliphatic carbocycles. The van der Waals surface area contributed by atoms with E-state index in [4.69, 9.17) is 11.1 Å². The molecule has 0 atom stereocenters. The Morgan fingerprint density at radius 3 is 1.39 bits per heavy atom. The van der Waals surface area contributed by atoms with Gasteiger partial charge in [0.1, 0.15) is 0 Å². The minimum Gasteiger partial charge on any atom is -0.166 e. The van der Waals surface area contributed by atoms with Gasteiger partial charge in [-0.3, -0.25) is 0 Å². The van der Waals surface area contributed by atoms with E-state index in [1.165, 1.54) is 13.1 Å². The summed E-state index contributed by atoms with van der Waals surface area (Å²) in [7, 11) is -2.78. The van der Waals surface area contributed by atoms with Crippen molar-refractivity contribution in [1.29, 1.82) is 0 Å². The van der Waals surface area contributed by atoms with E-state index in [1.54, 1.807) is 0 Å². The van der Waals surface area contributed by atoms with Gasteiger partial charge in [0, 0.05) is 0 Å². The van der Waals surface area contributed by atoms with E-state index in [2.05, 4.69) is 0 Å². The van der Waals surface area contributed by atoms with Gasteiger partial charge >= 0.3 is 12.4 Å². The molecule has 0 bridgehead atoms. The van der Waals surface area contributed by atoms with Gasteiger partial charge < -0.3 is 0 Å². The highest BCUT2D eigenvalue weighted by molar-refractivity contribution is 7.26. The van der Waals surface area contributed by atoms with Crippen molar-refractivity contribution in [3.63, 3.8) is 0 Å². The second-order valence-corrected chi connectivity index (χ2v) is 10.6. The lowest BCUT2D eigenvalue weighted by atomic mass is 10.1. The molecular formula is C10H9ClF6Si. The highest BCUT2D eigenvalue weighted by Crippen LogP contribution is 2.35. The molecule has 0 amide bonds. The average molecular weight is 307 g/mol. The third-order valence-electron chi connectivity index (χ3n) is 2.27. The van der Waals surface area contributed by atoms with Crippen LogP contribution in [0.1, 0.15) is 11.1 Å². The summed E-state index contributed by atoms with van der Waals surface area (Å²) in [5.41, 5.74) is -2.65. The number of hydrogen-bond donors (Lipinski definition) is 0. The number of halogens is 7. The maximum Gasteiger partial charge on any atom is 0.416 e. The summed E-state index contributed by atoms with van der Waals surface area (Å²) in [6, 6.07) is 1.48. The molecule has 1 aromatic rings. The van der Waals surface area contributed by atoms with Crippen LogP contribution in [0.3, 0.4) is 0 Å². The van der Waals surface area contributed by atoms with Crippen LogP contribution in [0.4, 0.5) is 26.3 Å². The first-order valence-electron chi connectivity index (χ1n) is 4.80. The topological polar surface area (TPSA) is 0 Å². The number of alkyl halides is 6. The predicted octanol–water partition coefficient (Wildman–Crippen LogP) is 4.38. The van der Waals surface area contributed by atoms with Crippen molar-refractivity contribution in [2.75, 3.05) is 0 Å². The Morgan fingerprint density at radius 2 is 1.17 bits per heavy atom. The molecule has 102 valence electrons. The molecular weight excluding hydrogens is 298 g/mol. The Balaban J connectivity index is 3.49. The van der Waals surface area contributed by atoms with Crippen LogP contribution in [0.25, 0.3) is 0 Å². The predicted molar refractivity (Wildman–Crippen MR) is 59.4 cm³/mol. The fraction of sp³-hybridized carbons (Fsp3) is 0.400. The standard InChI is InChI=1S/C10H9ClF6Si/c1-18(2,11)8-4-6(9(12,13)14)3-7(5-8)10(15,16)17/h3-5H,1-2H3. The monoisotopic (exact) mass is 306 g/mol. The van der Waals surface area contributed by atoms with Crippen LogP contribution in [0, 0.1) is 0 Å². The third kappa shape index (κ3) is 3.65. The highest BCUT2D eigenvalue weighted by atomic mass is 35.6. The Hall–Kier alpha value is -0.693. The molecule has 0 N–H and O–H groups in total. The van der Waals surface area contributed by atoms with E-state index < -0.39 is 30.9 Å². The zero-order valence-corrected chi connectivity index (χ0v) is 11.1. The van der Waals surface area contributed by atoms with Gasteiger partial charge in [0.05, 0.1) is 11.1 Å². The Bertz CT molecular complexity index is 364. The molecule has 0 unspecified atom stereocenters. The van der Waals surface area contributed by atoms with Crippen molar-refractivity contribution in [3.05, 3.63) is 29.3 Å². The summed E-state index contributed by atoms with van der Waals surface area (Å²) >= 11 is 5.91. The lowest BCUT2D eigenvalue weighted by Gasteiger charge is -2.19. The molecule has 0 nitrogen and oxygen atoms in total.